The van der Waals surface area contributed by atoms with E-state index in [4.69, 9.17) is 0 Å². The Kier molecular flexibility index (Phi) is 2.90. The average Bonchev–Trinajstić information content (AvgIpc) is 2.80. The van der Waals surface area contributed by atoms with E-state index in [2.05, 4.69) is 6.92 Å². The molecule has 1 unspecified atom stereocenters. The first-order chi connectivity index (χ1) is 9.15. The summed E-state index contributed by atoms with van der Waals surface area (Å²) in [5.41, 5.74) is 2.41. The fourth-order valence-electron chi connectivity index (χ4n) is 2.99. The lowest BCUT2D eigenvalue weighted by atomic mass is 9.87. The summed E-state index contributed by atoms with van der Waals surface area (Å²) in [5, 5.41) is 11.0. The van der Waals surface area contributed by atoms with Crippen molar-refractivity contribution in [3.63, 3.8) is 0 Å². The van der Waals surface area contributed by atoms with Gasteiger partial charge < -0.3 is 5.11 Å². The number of aliphatic hydroxyl groups is 1. The van der Waals surface area contributed by atoms with Crippen LogP contribution in [0.1, 0.15) is 35.6 Å². The Morgan fingerprint density at radius 3 is 2.79 bits per heavy atom. The van der Waals surface area contributed by atoms with Crippen molar-refractivity contribution in [2.24, 2.45) is 0 Å². The van der Waals surface area contributed by atoms with E-state index in [1.165, 1.54) is 11.6 Å². The van der Waals surface area contributed by atoms with Crippen LogP contribution in [0.5, 0.6) is 0 Å². The Hall–Kier alpha value is -1.67. The topological polar surface area (TPSA) is 20.2 Å². The van der Waals surface area contributed by atoms with Gasteiger partial charge in [0.25, 0.3) is 0 Å². The summed E-state index contributed by atoms with van der Waals surface area (Å²) in [5.74, 6) is -0.208. The Balaban J connectivity index is 2.13. The lowest BCUT2D eigenvalue weighted by molar-refractivity contribution is 0.0828. The van der Waals surface area contributed by atoms with Gasteiger partial charge in [0.1, 0.15) is 11.4 Å². The SMILES string of the molecule is CCc1cccc(C2(O)CCc3c(F)cccc32)c1. The predicted octanol–water partition coefficient (Wildman–Crippen LogP) is 3.57. The predicted molar refractivity (Wildman–Crippen MR) is 73.5 cm³/mol. The van der Waals surface area contributed by atoms with Crippen LogP contribution in [0.4, 0.5) is 4.39 Å². The van der Waals surface area contributed by atoms with Gasteiger partial charge in [0.05, 0.1) is 0 Å². The van der Waals surface area contributed by atoms with Crippen LogP contribution in [-0.4, -0.2) is 5.11 Å². The molecule has 0 bridgehead atoms. The molecule has 1 N–H and O–H groups in total. The van der Waals surface area contributed by atoms with E-state index >= 15 is 0 Å². The van der Waals surface area contributed by atoms with E-state index in [9.17, 15) is 9.50 Å². The summed E-state index contributed by atoms with van der Waals surface area (Å²) in [4.78, 5) is 0. The largest absolute Gasteiger partial charge is 0.380 e. The molecule has 2 aromatic carbocycles. The Labute approximate surface area is 112 Å². The van der Waals surface area contributed by atoms with Crippen LogP contribution in [0.15, 0.2) is 42.5 Å². The maximum Gasteiger partial charge on any atom is 0.126 e. The fraction of sp³-hybridized carbons (Fsp3) is 0.294. The van der Waals surface area contributed by atoms with Crippen LogP contribution in [0.25, 0.3) is 0 Å². The number of aryl methyl sites for hydroxylation is 1. The zero-order valence-corrected chi connectivity index (χ0v) is 11.0. The molecule has 3 rings (SSSR count). The first-order valence-electron chi connectivity index (χ1n) is 6.75. The van der Waals surface area contributed by atoms with Crippen molar-refractivity contribution < 1.29 is 9.50 Å². The molecule has 0 saturated heterocycles. The smallest absolute Gasteiger partial charge is 0.126 e. The molecule has 1 aliphatic carbocycles. The van der Waals surface area contributed by atoms with Gasteiger partial charge in [0, 0.05) is 0 Å². The summed E-state index contributed by atoms with van der Waals surface area (Å²) in [6.07, 6.45) is 2.07. The lowest BCUT2D eigenvalue weighted by Crippen LogP contribution is -2.24. The van der Waals surface area contributed by atoms with Crippen LogP contribution in [-0.2, 0) is 18.4 Å². The molecule has 2 aromatic rings. The molecule has 1 nitrogen and oxygen atoms in total. The first kappa shape index (κ1) is 12.4. The van der Waals surface area contributed by atoms with Crippen molar-refractivity contribution in [1.82, 2.24) is 0 Å². The van der Waals surface area contributed by atoms with Crippen LogP contribution >= 0.6 is 0 Å². The minimum Gasteiger partial charge on any atom is -0.380 e. The maximum atomic E-state index is 13.8. The summed E-state index contributed by atoms with van der Waals surface area (Å²) >= 11 is 0. The molecule has 0 aromatic heterocycles. The van der Waals surface area contributed by atoms with Crippen molar-refractivity contribution in [3.05, 3.63) is 70.5 Å². The molecule has 98 valence electrons. The van der Waals surface area contributed by atoms with Crippen molar-refractivity contribution >= 4 is 0 Å². The Bertz CT molecular complexity index is 620. The molecule has 19 heavy (non-hydrogen) atoms. The highest BCUT2D eigenvalue weighted by Crippen LogP contribution is 2.42. The lowest BCUT2D eigenvalue weighted by Gasteiger charge is -2.25. The molecule has 0 amide bonds. The van der Waals surface area contributed by atoms with Crippen LogP contribution in [0, 0.1) is 5.82 Å². The zero-order valence-electron chi connectivity index (χ0n) is 11.0. The number of hydrogen-bond donors (Lipinski definition) is 1. The third kappa shape index (κ3) is 1.87. The highest BCUT2D eigenvalue weighted by molar-refractivity contribution is 5.46. The molecule has 0 fully saturated rings. The molecule has 0 heterocycles. The van der Waals surface area contributed by atoms with Gasteiger partial charge in [-0.2, -0.15) is 0 Å². The molecule has 2 heteroatoms. The molecule has 0 spiro atoms. The van der Waals surface area contributed by atoms with Gasteiger partial charge >= 0.3 is 0 Å². The standard InChI is InChI=1S/C17H17FO/c1-2-12-5-3-6-13(11-12)17(19)10-9-14-15(17)7-4-8-16(14)18/h3-8,11,19H,2,9-10H2,1H3. The molecule has 0 aliphatic heterocycles. The molecular weight excluding hydrogens is 239 g/mol. The second kappa shape index (κ2) is 4.46. The monoisotopic (exact) mass is 256 g/mol. The van der Waals surface area contributed by atoms with Gasteiger partial charge in [-0.15, -0.1) is 0 Å². The molecule has 0 radical (unpaired) electrons. The van der Waals surface area contributed by atoms with Crippen LogP contribution in [0.3, 0.4) is 0 Å². The number of benzene rings is 2. The summed E-state index contributed by atoms with van der Waals surface area (Å²) in [6, 6.07) is 12.9. The fourth-order valence-corrected chi connectivity index (χ4v) is 2.99. The van der Waals surface area contributed by atoms with E-state index < -0.39 is 5.60 Å². The van der Waals surface area contributed by atoms with Crippen molar-refractivity contribution in [3.8, 4) is 0 Å². The highest BCUT2D eigenvalue weighted by atomic mass is 19.1. The highest BCUT2D eigenvalue weighted by Gasteiger charge is 2.39. The van der Waals surface area contributed by atoms with Crippen molar-refractivity contribution in [2.75, 3.05) is 0 Å². The van der Waals surface area contributed by atoms with E-state index in [0.717, 1.165) is 17.5 Å². The summed E-state index contributed by atoms with van der Waals surface area (Å²) in [7, 11) is 0. The van der Waals surface area contributed by atoms with E-state index in [1.807, 2.05) is 30.3 Å². The second-order valence-electron chi connectivity index (χ2n) is 5.18. The van der Waals surface area contributed by atoms with E-state index in [-0.39, 0.29) is 5.82 Å². The van der Waals surface area contributed by atoms with Gasteiger partial charge in [-0.3, -0.25) is 0 Å². The summed E-state index contributed by atoms with van der Waals surface area (Å²) < 4.78 is 13.8. The Morgan fingerprint density at radius 1 is 1.21 bits per heavy atom. The van der Waals surface area contributed by atoms with Gasteiger partial charge in [0.15, 0.2) is 0 Å². The Morgan fingerprint density at radius 2 is 2.00 bits per heavy atom. The van der Waals surface area contributed by atoms with Crippen LogP contribution in [0.2, 0.25) is 0 Å². The number of hydrogen-bond acceptors (Lipinski definition) is 1. The number of rotatable bonds is 2. The zero-order chi connectivity index (χ0) is 13.5. The third-order valence-corrected chi connectivity index (χ3v) is 4.11. The number of halogens is 1. The van der Waals surface area contributed by atoms with E-state index in [1.54, 1.807) is 6.07 Å². The minimum atomic E-state index is -1.04. The van der Waals surface area contributed by atoms with Gasteiger partial charge in [-0.05, 0) is 47.6 Å². The van der Waals surface area contributed by atoms with Gasteiger partial charge in [0.2, 0.25) is 0 Å². The molecular formula is C17H17FO. The second-order valence-corrected chi connectivity index (χ2v) is 5.18. The first-order valence-corrected chi connectivity index (χ1v) is 6.75. The average molecular weight is 256 g/mol. The number of fused-ring (bicyclic) bond motifs is 1. The van der Waals surface area contributed by atoms with Crippen molar-refractivity contribution in [1.29, 1.82) is 0 Å². The molecule has 0 saturated carbocycles. The van der Waals surface area contributed by atoms with Crippen molar-refractivity contribution in [2.45, 2.75) is 31.8 Å². The van der Waals surface area contributed by atoms with Crippen LogP contribution < -0.4 is 0 Å². The van der Waals surface area contributed by atoms with Gasteiger partial charge in [-0.25, -0.2) is 4.39 Å². The third-order valence-electron chi connectivity index (χ3n) is 4.11. The molecule has 1 atom stereocenters. The maximum absolute atomic E-state index is 13.8. The minimum absolute atomic E-state index is 0.208. The normalized spacial score (nSPS) is 21.4. The quantitative estimate of drug-likeness (QED) is 0.871. The van der Waals surface area contributed by atoms with Gasteiger partial charge in [-0.1, -0.05) is 43.3 Å². The van der Waals surface area contributed by atoms with E-state index in [0.29, 0.717) is 18.4 Å². The molecule has 1 aliphatic rings. The summed E-state index contributed by atoms with van der Waals surface area (Å²) in [6.45, 7) is 2.09.